The van der Waals surface area contributed by atoms with E-state index in [1.54, 1.807) is 0 Å². The molecule has 1 fully saturated rings. The molecule has 1 aliphatic rings. The zero-order valence-corrected chi connectivity index (χ0v) is 12.4. The van der Waals surface area contributed by atoms with Crippen LogP contribution >= 0.6 is 11.6 Å². The highest BCUT2D eigenvalue weighted by Crippen LogP contribution is 2.32. The maximum atomic E-state index is 11.7. The van der Waals surface area contributed by atoms with Crippen LogP contribution in [0.15, 0.2) is 11.6 Å². The number of unbranched alkanes of at least 4 members (excludes halogenated alkanes) is 4. The van der Waals surface area contributed by atoms with E-state index in [9.17, 15) is 4.79 Å². The molecule has 104 valence electrons. The van der Waals surface area contributed by atoms with E-state index in [2.05, 4.69) is 6.92 Å². The Balaban J connectivity index is 2.10. The van der Waals surface area contributed by atoms with Crippen LogP contribution in [0.25, 0.3) is 0 Å². The number of hydrogen-bond acceptors (Lipinski definition) is 1. The van der Waals surface area contributed by atoms with E-state index in [-0.39, 0.29) is 11.7 Å². The van der Waals surface area contributed by atoms with Crippen LogP contribution in [0.1, 0.15) is 71.1 Å². The van der Waals surface area contributed by atoms with Gasteiger partial charge in [0.05, 0.1) is 0 Å². The number of hydrogen-bond donors (Lipinski definition) is 0. The second-order valence-corrected chi connectivity index (χ2v) is 5.87. The van der Waals surface area contributed by atoms with Crippen molar-refractivity contribution in [3.63, 3.8) is 0 Å². The second kappa shape index (κ2) is 9.61. The molecule has 0 N–H and O–H groups in total. The van der Waals surface area contributed by atoms with Crippen molar-refractivity contribution < 1.29 is 4.79 Å². The minimum absolute atomic E-state index is 0.228. The van der Waals surface area contributed by atoms with Crippen LogP contribution in [0.3, 0.4) is 0 Å². The van der Waals surface area contributed by atoms with Gasteiger partial charge in [-0.05, 0) is 37.7 Å². The Morgan fingerprint density at radius 3 is 2.39 bits per heavy atom. The van der Waals surface area contributed by atoms with Gasteiger partial charge in [0.2, 0.25) is 0 Å². The molecule has 0 bridgehead atoms. The average Bonchev–Trinajstić information content (AvgIpc) is 2.39. The molecule has 0 saturated heterocycles. The summed E-state index contributed by atoms with van der Waals surface area (Å²) in [6.45, 7) is 2.26. The SMILES string of the molecule is CCCCCCCC1CCC(C(=O)/C=C/Cl)CC1. The van der Waals surface area contributed by atoms with Gasteiger partial charge >= 0.3 is 0 Å². The monoisotopic (exact) mass is 270 g/mol. The van der Waals surface area contributed by atoms with Crippen LogP contribution in [-0.2, 0) is 4.79 Å². The molecular weight excluding hydrogens is 244 g/mol. The summed E-state index contributed by atoms with van der Waals surface area (Å²) in [4.78, 5) is 11.7. The van der Waals surface area contributed by atoms with Crippen LogP contribution in [-0.4, -0.2) is 5.78 Å². The van der Waals surface area contributed by atoms with Crippen molar-refractivity contribution in [2.75, 3.05) is 0 Å². The fraction of sp³-hybridized carbons (Fsp3) is 0.812. The van der Waals surface area contributed by atoms with Gasteiger partial charge in [0.25, 0.3) is 0 Å². The fourth-order valence-electron chi connectivity index (χ4n) is 2.97. The summed E-state index contributed by atoms with van der Waals surface area (Å²) in [6, 6.07) is 0. The standard InChI is InChI=1S/C16H27ClO/c1-2-3-4-5-6-7-14-8-10-15(11-9-14)16(18)12-13-17/h12-15H,2-11H2,1H3/b13-12+. The lowest BCUT2D eigenvalue weighted by molar-refractivity contribution is -0.119. The Kier molecular flexibility index (Phi) is 8.41. The van der Waals surface area contributed by atoms with Crippen molar-refractivity contribution in [3.8, 4) is 0 Å². The predicted molar refractivity (Wildman–Crippen MR) is 78.8 cm³/mol. The van der Waals surface area contributed by atoms with E-state index in [1.165, 1.54) is 63.0 Å². The first-order chi connectivity index (χ1) is 8.77. The van der Waals surface area contributed by atoms with Crippen LogP contribution in [0.5, 0.6) is 0 Å². The summed E-state index contributed by atoms with van der Waals surface area (Å²) in [5.41, 5.74) is 1.35. The molecule has 2 heteroatoms. The van der Waals surface area contributed by atoms with Gasteiger partial charge in [-0.1, -0.05) is 57.0 Å². The van der Waals surface area contributed by atoms with Gasteiger partial charge in [0.1, 0.15) is 0 Å². The van der Waals surface area contributed by atoms with E-state index >= 15 is 0 Å². The summed E-state index contributed by atoms with van der Waals surface area (Å²) < 4.78 is 0. The van der Waals surface area contributed by atoms with E-state index in [1.807, 2.05) is 0 Å². The molecule has 0 heterocycles. The van der Waals surface area contributed by atoms with Crippen LogP contribution in [0.4, 0.5) is 0 Å². The first kappa shape index (κ1) is 15.8. The van der Waals surface area contributed by atoms with Gasteiger partial charge in [-0.3, -0.25) is 4.79 Å². The van der Waals surface area contributed by atoms with E-state index in [0.29, 0.717) is 0 Å². The summed E-state index contributed by atoms with van der Waals surface area (Å²) in [5.74, 6) is 1.35. The van der Waals surface area contributed by atoms with Crippen molar-refractivity contribution in [2.45, 2.75) is 71.1 Å². The number of rotatable bonds is 8. The molecule has 1 nitrogen and oxygen atoms in total. The Labute approximate surface area is 117 Å². The van der Waals surface area contributed by atoms with Gasteiger partial charge in [0.15, 0.2) is 5.78 Å². The highest BCUT2D eigenvalue weighted by atomic mass is 35.5. The van der Waals surface area contributed by atoms with Crippen molar-refractivity contribution in [3.05, 3.63) is 11.6 Å². The summed E-state index contributed by atoms with van der Waals surface area (Å²) >= 11 is 5.45. The molecular formula is C16H27ClO. The van der Waals surface area contributed by atoms with Gasteiger partial charge in [-0.15, -0.1) is 0 Å². The van der Waals surface area contributed by atoms with Gasteiger partial charge in [-0.25, -0.2) is 0 Å². The van der Waals surface area contributed by atoms with Gasteiger partial charge < -0.3 is 0 Å². The number of halogens is 1. The van der Waals surface area contributed by atoms with Crippen molar-refractivity contribution in [2.24, 2.45) is 11.8 Å². The zero-order valence-electron chi connectivity index (χ0n) is 11.7. The lowest BCUT2D eigenvalue weighted by atomic mass is 9.78. The van der Waals surface area contributed by atoms with Gasteiger partial charge in [0, 0.05) is 11.5 Å². The Morgan fingerprint density at radius 1 is 1.11 bits per heavy atom. The van der Waals surface area contributed by atoms with Crippen molar-refractivity contribution >= 4 is 17.4 Å². The number of carbonyl (C=O) groups excluding carboxylic acids is 1. The minimum atomic E-state index is 0.228. The first-order valence-electron chi connectivity index (χ1n) is 7.58. The topological polar surface area (TPSA) is 17.1 Å². The van der Waals surface area contributed by atoms with E-state index < -0.39 is 0 Å². The van der Waals surface area contributed by atoms with E-state index in [0.717, 1.165) is 18.8 Å². The summed E-state index contributed by atoms with van der Waals surface area (Å²) in [7, 11) is 0. The quantitative estimate of drug-likeness (QED) is 0.422. The Bertz CT molecular complexity index is 252. The lowest BCUT2D eigenvalue weighted by Crippen LogP contribution is -2.20. The van der Waals surface area contributed by atoms with Crippen LogP contribution in [0.2, 0.25) is 0 Å². The first-order valence-corrected chi connectivity index (χ1v) is 8.02. The second-order valence-electron chi connectivity index (χ2n) is 5.62. The number of ketones is 1. The molecule has 0 unspecified atom stereocenters. The zero-order chi connectivity index (χ0) is 13.2. The maximum Gasteiger partial charge on any atom is 0.159 e. The summed E-state index contributed by atoms with van der Waals surface area (Å²) in [5, 5.41) is 0. The molecule has 0 aliphatic heterocycles. The fourth-order valence-corrected chi connectivity index (χ4v) is 3.09. The third-order valence-corrected chi connectivity index (χ3v) is 4.32. The molecule has 0 amide bonds. The molecule has 0 spiro atoms. The molecule has 0 aromatic heterocycles. The van der Waals surface area contributed by atoms with Crippen LogP contribution in [0, 0.1) is 11.8 Å². The highest BCUT2D eigenvalue weighted by molar-refractivity contribution is 6.26. The molecule has 18 heavy (non-hydrogen) atoms. The summed E-state index contributed by atoms with van der Waals surface area (Å²) in [6.07, 6.45) is 14.4. The molecule has 0 aromatic carbocycles. The van der Waals surface area contributed by atoms with Crippen molar-refractivity contribution in [1.82, 2.24) is 0 Å². The molecule has 0 radical (unpaired) electrons. The predicted octanol–water partition coefficient (Wildman–Crippen LogP) is 5.47. The third-order valence-electron chi connectivity index (χ3n) is 4.19. The molecule has 1 rings (SSSR count). The lowest BCUT2D eigenvalue weighted by Gasteiger charge is -2.27. The molecule has 1 aliphatic carbocycles. The maximum absolute atomic E-state index is 11.7. The Hall–Kier alpha value is -0.300. The van der Waals surface area contributed by atoms with E-state index in [4.69, 9.17) is 11.6 Å². The molecule has 1 saturated carbocycles. The van der Waals surface area contributed by atoms with Gasteiger partial charge in [-0.2, -0.15) is 0 Å². The smallest absolute Gasteiger partial charge is 0.159 e. The number of carbonyl (C=O) groups is 1. The Morgan fingerprint density at radius 2 is 1.78 bits per heavy atom. The highest BCUT2D eigenvalue weighted by Gasteiger charge is 2.24. The third kappa shape index (κ3) is 6.04. The van der Waals surface area contributed by atoms with Crippen LogP contribution < -0.4 is 0 Å². The average molecular weight is 271 g/mol. The number of allylic oxidation sites excluding steroid dienone is 1. The molecule has 0 aromatic rings. The normalized spacial score (nSPS) is 24.6. The largest absolute Gasteiger partial charge is 0.295 e. The van der Waals surface area contributed by atoms with Crippen molar-refractivity contribution in [1.29, 1.82) is 0 Å². The minimum Gasteiger partial charge on any atom is -0.295 e. The molecule has 0 atom stereocenters.